The molecule has 0 aliphatic heterocycles. The zero-order chi connectivity index (χ0) is 22.1. The largest absolute Gasteiger partial charge is 0.495 e. The highest BCUT2D eigenvalue weighted by atomic mass is 32.2. The molecule has 0 bridgehead atoms. The molecule has 10 heteroatoms. The molecule has 2 heterocycles. The van der Waals surface area contributed by atoms with E-state index < -0.39 is 26.3 Å². The number of nitrogens with zero attached hydrogens (tertiary/aromatic N) is 3. The van der Waals surface area contributed by atoms with Crippen LogP contribution in [0, 0.1) is 6.92 Å². The van der Waals surface area contributed by atoms with Crippen molar-refractivity contribution < 1.29 is 23.4 Å². The standard InChI is InChI=1S/C20H25N3O5S2/c1-11-16(23-18(21-11)29-17(22-23)19(2,3)24)12-6-7-14(28-5)15(8-12)30(26,27)13-9-20(4,25)10-13/h6-8,13,24-25H,9-10H2,1-5H3. The van der Waals surface area contributed by atoms with E-state index in [1.54, 1.807) is 43.5 Å². The number of methoxy groups -OCH3 is 1. The molecule has 30 heavy (non-hydrogen) atoms. The normalized spacial score (nSPS) is 22.3. The molecule has 162 valence electrons. The van der Waals surface area contributed by atoms with Crippen LogP contribution in [-0.2, 0) is 15.4 Å². The Morgan fingerprint density at radius 2 is 2.00 bits per heavy atom. The van der Waals surface area contributed by atoms with Gasteiger partial charge >= 0.3 is 0 Å². The fourth-order valence-electron chi connectivity index (χ4n) is 3.79. The van der Waals surface area contributed by atoms with Crippen LogP contribution in [0.1, 0.15) is 44.3 Å². The lowest BCUT2D eigenvalue weighted by Crippen LogP contribution is -2.48. The molecule has 3 aromatic rings. The number of hydrogen-bond acceptors (Lipinski definition) is 8. The number of aromatic nitrogens is 3. The molecule has 0 spiro atoms. The topological polar surface area (TPSA) is 114 Å². The predicted octanol–water partition coefficient (Wildman–Crippen LogP) is 2.69. The van der Waals surface area contributed by atoms with Crippen LogP contribution in [0.3, 0.4) is 0 Å². The van der Waals surface area contributed by atoms with E-state index in [2.05, 4.69) is 10.1 Å². The second-order valence-electron chi connectivity index (χ2n) is 8.64. The van der Waals surface area contributed by atoms with Gasteiger partial charge in [-0.25, -0.2) is 17.9 Å². The molecule has 0 atom stereocenters. The van der Waals surface area contributed by atoms with Crippen molar-refractivity contribution in [1.29, 1.82) is 0 Å². The number of rotatable bonds is 5. The Morgan fingerprint density at radius 3 is 2.57 bits per heavy atom. The average Bonchev–Trinajstić information content (AvgIpc) is 3.15. The van der Waals surface area contributed by atoms with E-state index in [1.165, 1.54) is 18.4 Å². The van der Waals surface area contributed by atoms with Crippen LogP contribution in [0.2, 0.25) is 0 Å². The number of imidazole rings is 1. The predicted molar refractivity (Wildman–Crippen MR) is 114 cm³/mol. The molecule has 1 aliphatic rings. The first kappa shape index (κ1) is 21.2. The van der Waals surface area contributed by atoms with Crippen LogP contribution in [-0.4, -0.2) is 51.2 Å². The summed E-state index contributed by atoms with van der Waals surface area (Å²) in [5, 5.41) is 24.7. The van der Waals surface area contributed by atoms with Gasteiger partial charge in [0.1, 0.15) is 21.3 Å². The maximum Gasteiger partial charge on any atom is 0.213 e. The molecule has 4 rings (SSSR count). The molecule has 1 aromatic carbocycles. The molecule has 0 radical (unpaired) electrons. The summed E-state index contributed by atoms with van der Waals surface area (Å²) in [5.74, 6) is 0.263. The van der Waals surface area contributed by atoms with Gasteiger partial charge in [0, 0.05) is 5.56 Å². The Bertz CT molecular complexity index is 1230. The van der Waals surface area contributed by atoms with Gasteiger partial charge in [0.05, 0.1) is 29.3 Å². The van der Waals surface area contributed by atoms with Crippen molar-refractivity contribution in [2.45, 2.75) is 61.9 Å². The smallest absolute Gasteiger partial charge is 0.213 e. The van der Waals surface area contributed by atoms with E-state index in [0.717, 1.165) is 0 Å². The van der Waals surface area contributed by atoms with Gasteiger partial charge in [-0.3, -0.25) is 0 Å². The van der Waals surface area contributed by atoms with Gasteiger partial charge in [0.2, 0.25) is 4.96 Å². The molecular formula is C20H25N3O5S2. The van der Waals surface area contributed by atoms with Crippen molar-refractivity contribution in [3.63, 3.8) is 0 Å². The first-order chi connectivity index (χ1) is 13.8. The van der Waals surface area contributed by atoms with E-state index in [1.807, 2.05) is 6.92 Å². The van der Waals surface area contributed by atoms with Gasteiger partial charge in [-0.2, -0.15) is 5.10 Å². The monoisotopic (exact) mass is 451 g/mol. The zero-order valence-electron chi connectivity index (χ0n) is 17.5. The third-order valence-electron chi connectivity index (χ3n) is 5.42. The van der Waals surface area contributed by atoms with Crippen molar-refractivity contribution in [1.82, 2.24) is 14.6 Å². The van der Waals surface area contributed by atoms with Crippen molar-refractivity contribution in [3.8, 4) is 17.0 Å². The second kappa shape index (κ2) is 6.74. The molecular weight excluding hydrogens is 426 g/mol. The number of benzene rings is 1. The maximum atomic E-state index is 13.2. The van der Waals surface area contributed by atoms with Gasteiger partial charge < -0.3 is 14.9 Å². The van der Waals surface area contributed by atoms with Gasteiger partial charge in [0.15, 0.2) is 9.84 Å². The lowest BCUT2D eigenvalue weighted by Gasteiger charge is -2.40. The SMILES string of the molecule is COc1ccc(-c2c(C)nc3sc(C(C)(C)O)nn23)cc1S(=O)(=O)C1CC(C)(O)C1. The van der Waals surface area contributed by atoms with Crippen LogP contribution in [0.25, 0.3) is 16.2 Å². The number of aliphatic hydroxyl groups is 2. The van der Waals surface area contributed by atoms with Crippen LogP contribution < -0.4 is 4.74 Å². The fourth-order valence-corrected chi connectivity index (χ4v) is 6.98. The Balaban J connectivity index is 1.85. The van der Waals surface area contributed by atoms with Crippen LogP contribution >= 0.6 is 11.3 Å². The molecule has 2 aromatic heterocycles. The zero-order valence-corrected chi connectivity index (χ0v) is 19.1. The Morgan fingerprint density at radius 1 is 1.33 bits per heavy atom. The number of fused-ring (bicyclic) bond motifs is 1. The summed E-state index contributed by atoms with van der Waals surface area (Å²) in [6, 6.07) is 4.98. The minimum absolute atomic E-state index is 0.0929. The minimum atomic E-state index is -3.69. The molecule has 1 aliphatic carbocycles. The summed E-state index contributed by atoms with van der Waals surface area (Å²) in [6.45, 7) is 6.79. The summed E-state index contributed by atoms with van der Waals surface area (Å²) < 4.78 is 33.4. The molecule has 0 unspecified atom stereocenters. The fraction of sp³-hybridized carbons (Fsp3) is 0.500. The van der Waals surface area contributed by atoms with Crippen molar-refractivity contribution in [2.24, 2.45) is 0 Å². The third kappa shape index (κ3) is 3.41. The molecule has 1 saturated carbocycles. The Kier molecular flexibility index (Phi) is 4.77. The van der Waals surface area contributed by atoms with Gasteiger partial charge in [0.25, 0.3) is 0 Å². The van der Waals surface area contributed by atoms with E-state index >= 15 is 0 Å². The summed E-state index contributed by atoms with van der Waals surface area (Å²) in [4.78, 5) is 5.25. The molecule has 0 amide bonds. The summed E-state index contributed by atoms with van der Waals surface area (Å²) >= 11 is 1.29. The summed E-state index contributed by atoms with van der Waals surface area (Å²) in [6.07, 6.45) is 0.388. The highest BCUT2D eigenvalue weighted by Crippen LogP contribution is 2.42. The van der Waals surface area contributed by atoms with E-state index in [0.29, 0.717) is 26.9 Å². The quantitative estimate of drug-likeness (QED) is 0.613. The van der Waals surface area contributed by atoms with E-state index in [4.69, 9.17) is 4.74 Å². The van der Waals surface area contributed by atoms with Gasteiger partial charge in [-0.1, -0.05) is 11.3 Å². The van der Waals surface area contributed by atoms with E-state index in [-0.39, 0.29) is 23.5 Å². The molecule has 2 N–H and O–H groups in total. The number of aryl methyl sites for hydroxylation is 1. The van der Waals surface area contributed by atoms with Crippen LogP contribution in [0.5, 0.6) is 5.75 Å². The highest BCUT2D eigenvalue weighted by Gasteiger charge is 2.47. The van der Waals surface area contributed by atoms with Crippen molar-refractivity contribution in [3.05, 3.63) is 28.9 Å². The minimum Gasteiger partial charge on any atom is -0.495 e. The summed E-state index contributed by atoms with van der Waals surface area (Å²) in [7, 11) is -2.25. The van der Waals surface area contributed by atoms with Crippen LogP contribution in [0.4, 0.5) is 0 Å². The molecule has 8 nitrogen and oxygen atoms in total. The Labute approximate surface area is 179 Å². The number of sulfone groups is 1. The third-order valence-corrected chi connectivity index (χ3v) is 8.78. The number of ether oxygens (including phenoxy) is 1. The summed E-state index contributed by atoms with van der Waals surface area (Å²) in [5.41, 5.74) is -0.0533. The van der Waals surface area contributed by atoms with Crippen LogP contribution in [0.15, 0.2) is 23.1 Å². The first-order valence-corrected chi connectivity index (χ1v) is 11.9. The Hall–Kier alpha value is -2.01. The van der Waals surface area contributed by atoms with Gasteiger partial charge in [-0.15, -0.1) is 0 Å². The van der Waals surface area contributed by atoms with Crippen molar-refractivity contribution in [2.75, 3.05) is 7.11 Å². The van der Waals surface area contributed by atoms with Gasteiger partial charge in [-0.05, 0) is 58.7 Å². The molecule has 1 fully saturated rings. The first-order valence-electron chi connectivity index (χ1n) is 9.57. The maximum absolute atomic E-state index is 13.2. The average molecular weight is 452 g/mol. The molecule has 0 saturated heterocycles. The second-order valence-corrected chi connectivity index (χ2v) is 11.8. The lowest BCUT2D eigenvalue weighted by atomic mass is 9.82. The van der Waals surface area contributed by atoms with Crippen molar-refractivity contribution >= 4 is 26.1 Å². The number of hydrogen-bond donors (Lipinski definition) is 2. The highest BCUT2D eigenvalue weighted by molar-refractivity contribution is 7.92. The van der Waals surface area contributed by atoms with E-state index in [9.17, 15) is 18.6 Å². The lowest BCUT2D eigenvalue weighted by molar-refractivity contribution is -0.0117.